The van der Waals surface area contributed by atoms with E-state index in [9.17, 15) is 22.4 Å². The Morgan fingerprint density at radius 3 is 2.29 bits per heavy atom. The molecule has 0 aliphatic rings. The van der Waals surface area contributed by atoms with Gasteiger partial charge in [-0.25, -0.2) is 0 Å². The van der Waals surface area contributed by atoms with Crippen molar-refractivity contribution in [2.45, 2.75) is 46.0 Å². The van der Waals surface area contributed by atoms with Crippen LogP contribution in [0.25, 0.3) is 6.08 Å². The van der Waals surface area contributed by atoms with Gasteiger partial charge < -0.3 is 14.8 Å². The third-order valence-corrected chi connectivity index (χ3v) is 3.17. The summed E-state index contributed by atoms with van der Waals surface area (Å²) in [5.74, 6) is -1.08. The van der Waals surface area contributed by atoms with E-state index in [1.54, 1.807) is 0 Å². The van der Waals surface area contributed by atoms with Gasteiger partial charge in [-0.3, -0.25) is 4.79 Å². The molecule has 1 aromatic carbocycles. The Bertz CT molecular complexity index is 560. The number of carbonyl (C=O) groups is 1. The molecule has 0 bridgehead atoms. The fraction of sp³-hybridized carbons (Fsp3) is 0.438. The number of hydrogen-bond donors (Lipinski definition) is 1. The minimum atomic E-state index is -3.14. The molecular weight excluding hydrogens is 330 g/mol. The zero-order valence-electron chi connectivity index (χ0n) is 13.3. The molecular formula is C16H19F4NO3. The van der Waals surface area contributed by atoms with Crippen molar-refractivity contribution in [3.8, 4) is 11.5 Å². The third-order valence-electron chi connectivity index (χ3n) is 3.17. The second kappa shape index (κ2) is 9.79. The van der Waals surface area contributed by atoms with Crippen LogP contribution in [0.2, 0.25) is 0 Å². The van der Waals surface area contributed by atoms with E-state index in [0.29, 0.717) is 0 Å². The van der Waals surface area contributed by atoms with Crippen LogP contribution in [0, 0.1) is 0 Å². The Morgan fingerprint density at radius 2 is 1.75 bits per heavy atom. The zero-order valence-corrected chi connectivity index (χ0v) is 13.3. The lowest BCUT2D eigenvalue weighted by Crippen LogP contribution is -2.32. The van der Waals surface area contributed by atoms with E-state index < -0.39 is 13.2 Å². The number of carbonyl (C=O) groups excluding carboxylic acids is 1. The first-order chi connectivity index (χ1) is 11.3. The van der Waals surface area contributed by atoms with Crippen LogP contribution < -0.4 is 14.8 Å². The highest BCUT2D eigenvalue weighted by Gasteiger charge is 2.13. The van der Waals surface area contributed by atoms with Crippen molar-refractivity contribution in [1.29, 1.82) is 0 Å². The first-order valence-corrected chi connectivity index (χ1v) is 7.37. The van der Waals surface area contributed by atoms with Crippen LogP contribution in [0.15, 0.2) is 24.3 Å². The molecule has 0 saturated heterocycles. The van der Waals surface area contributed by atoms with Crippen molar-refractivity contribution in [2.75, 3.05) is 0 Å². The molecule has 1 amide bonds. The van der Waals surface area contributed by atoms with Crippen LogP contribution in [-0.2, 0) is 4.79 Å². The molecule has 134 valence electrons. The number of rotatable bonds is 9. The molecule has 0 aromatic heterocycles. The summed E-state index contributed by atoms with van der Waals surface area (Å²) in [7, 11) is 0. The molecule has 0 aliphatic carbocycles. The molecule has 0 aliphatic heterocycles. The summed E-state index contributed by atoms with van der Waals surface area (Å²) in [4.78, 5) is 11.8. The highest BCUT2D eigenvalue weighted by atomic mass is 19.3. The lowest BCUT2D eigenvalue weighted by atomic mass is 10.1. The number of alkyl halides is 4. The molecule has 8 heteroatoms. The fourth-order valence-electron chi connectivity index (χ4n) is 1.93. The van der Waals surface area contributed by atoms with Crippen molar-refractivity contribution in [2.24, 2.45) is 0 Å². The molecule has 0 atom stereocenters. The zero-order chi connectivity index (χ0) is 18.1. The molecule has 0 radical (unpaired) electrons. The van der Waals surface area contributed by atoms with Gasteiger partial charge in [-0.15, -0.1) is 0 Å². The van der Waals surface area contributed by atoms with Crippen LogP contribution in [0.5, 0.6) is 11.5 Å². The van der Waals surface area contributed by atoms with E-state index in [-0.39, 0.29) is 29.0 Å². The van der Waals surface area contributed by atoms with Crippen molar-refractivity contribution >= 4 is 12.0 Å². The standard InChI is InChI=1S/C16H19F4NO3/c1-3-11(4-2)21-14(22)8-6-10-5-7-12(23-15(17)18)9-13(10)24-16(19)20/h5-9,11,15-16H,3-4H2,1-2H3,(H,21,22)/b8-6+. The predicted molar refractivity (Wildman–Crippen MR) is 81.3 cm³/mol. The molecule has 1 aromatic rings. The monoisotopic (exact) mass is 349 g/mol. The molecule has 1 rings (SSSR count). The Morgan fingerprint density at radius 1 is 1.12 bits per heavy atom. The molecule has 0 spiro atoms. The molecule has 1 N–H and O–H groups in total. The highest BCUT2D eigenvalue weighted by molar-refractivity contribution is 5.92. The quantitative estimate of drug-likeness (QED) is 0.537. The van der Waals surface area contributed by atoms with E-state index in [4.69, 9.17) is 0 Å². The summed E-state index contributed by atoms with van der Waals surface area (Å²) in [6.45, 7) is -2.38. The van der Waals surface area contributed by atoms with E-state index in [1.165, 1.54) is 24.3 Å². The van der Waals surface area contributed by atoms with Crippen molar-refractivity contribution in [3.63, 3.8) is 0 Å². The SMILES string of the molecule is CCC(CC)NC(=O)/C=C/c1ccc(OC(F)F)cc1OC(F)F. The van der Waals surface area contributed by atoms with Crippen LogP contribution in [-0.4, -0.2) is 25.2 Å². The van der Waals surface area contributed by atoms with Gasteiger partial charge in [-0.05, 0) is 31.1 Å². The summed E-state index contributed by atoms with van der Waals surface area (Å²) in [6.07, 6.45) is 3.95. The minimum Gasteiger partial charge on any atom is -0.435 e. The first-order valence-electron chi connectivity index (χ1n) is 7.37. The number of amides is 1. The number of halogens is 4. The van der Waals surface area contributed by atoms with Gasteiger partial charge in [0.05, 0.1) is 0 Å². The maximum absolute atomic E-state index is 12.4. The van der Waals surface area contributed by atoms with Crippen LogP contribution in [0.1, 0.15) is 32.3 Å². The smallest absolute Gasteiger partial charge is 0.387 e. The summed E-state index contributed by atoms with van der Waals surface area (Å²) < 4.78 is 57.7. The average molecular weight is 349 g/mol. The van der Waals surface area contributed by atoms with Crippen LogP contribution >= 0.6 is 0 Å². The summed E-state index contributed by atoms with van der Waals surface area (Å²) in [5, 5.41) is 2.75. The highest BCUT2D eigenvalue weighted by Crippen LogP contribution is 2.28. The minimum absolute atomic E-state index is 0.0146. The van der Waals surface area contributed by atoms with Gasteiger partial charge in [0.2, 0.25) is 5.91 Å². The molecule has 0 saturated carbocycles. The molecule has 24 heavy (non-hydrogen) atoms. The van der Waals surface area contributed by atoms with Crippen molar-refractivity contribution in [1.82, 2.24) is 5.32 Å². The number of nitrogens with one attached hydrogen (secondary N) is 1. The van der Waals surface area contributed by atoms with Crippen LogP contribution in [0.4, 0.5) is 17.6 Å². The lowest BCUT2D eigenvalue weighted by molar-refractivity contribution is -0.117. The van der Waals surface area contributed by atoms with Crippen molar-refractivity contribution in [3.05, 3.63) is 29.8 Å². The van der Waals surface area contributed by atoms with Crippen LogP contribution in [0.3, 0.4) is 0 Å². The summed E-state index contributed by atoms with van der Waals surface area (Å²) >= 11 is 0. The normalized spacial score (nSPS) is 11.5. The first kappa shape index (κ1) is 19.8. The summed E-state index contributed by atoms with van der Waals surface area (Å²) in [6, 6.07) is 3.34. The van der Waals surface area contributed by atoms with E-state index >= 15 is 0 Å². The number of benzene rings is 1. The summed E-state index contributed by atoms with van der Waals surface area (Å²) in [5.41, 5.74) is 0.136. The lowest BCUT2D eigenvalue weighted by Gasteiger charge is -2.13. The third kappa shape index (κ3) is 6.89. The fourth-order valence-corrected chi connectivity index (χ4v) is 1.93. The Balaban J connectivity index is 2.92. The van der Waals surface area contributed by atoms with Gasteiger partial charge >= 0.3 is 13.2 Å². The van der Waals surface area contributed by atoms with Gasteiger partial charge in [-0.2, -0.15) is 17.6 Å². The molecule has 0 heterocycles. The van der Waals surface area contributed by atoms with Gasteiger partial charge in [0, 0.05) is 23.7 Å². The van der Waals surface area contributed by atoms with E-state index in [0.717, 1.165) is 18.9 Å². The number of ether oxygens (including phenoxy) is 2. The maximum Gasteiger partial charge on any atom is 0.387 e. The maximum atomic E-state index is 12.4. The second-order valence-corrected chi connectivity index (χ2v) is 4.81. The predicted octanol–water partition coefficient (Wildman–Crippen LogP) is 4.21. The molecule has 4 nitrogen and oxygen atoms in total. The topological polar surface area (TPSA) is 47.6 Å². The van der Waals surface area contributed by atoms with Gasteiger partial charge in [0.25, 0.3) is 0 Å². The van der Waals surface area contributed by atoms with Gasteiger partial charge in [-0.1, -0.05) is 13.8 Å². The van der Waals surface area contributed by atoms with E-state index in [1.807, 2.05) is 13.8 Å². The van der Waals surface area contributed by atoms with Gasteiger partial charge in [0.15, 0.2) is 0 Å². The molecule has 0 unspecified atom stereocenters. The van der Waals surface area contributed by atoms with Crippen molar-refractivity contribution < 1.29 is 31.8 Å². The Labute approximate surface area is 137 Å². The largest absolute Gasteiger partial charge is 0.435 e. The molecule has 0 fully saturated rings. The average Bonchev–Trinajstić information content (AvgIpc) is 2.50. The van der Waals surface area contributed by atoms with E-state index in [2.05, 4.69) is 14.8 Å². The number of hydrogen-bond acceptors (Lipinski definition) is 3. The second-order valence-electron chi connectivity index (χ2n) is 4.81. The van der Waals surface area contributed by atoms with Gasteiger partial charge in [0.1, 0.15) is 11.5 Å². The Hall–Kier alpha value is -2.25. The Kier molecular flexibility index (Phi) is 8.08.